The van der Waals surface area contributed by atoms with Crippen LogP contribution in [0.3, 0.4) is 0 Å². The maximum absolute atomic E-state index is 12.7. The molecule has 0 unspecified atom stereocenters. The highest BCUT2D eigenvalue weighted by Gasteiger charge is 2.16. The number of carbonyl (C=O) groups is 2. The zero-order chi connectivity index (χ0) is 19.5. The summed E-state index contributed by atoms with van der Waals surface area (Å²) in [6.45, 7) is 4.65. The smallest absolute Gasteiger partial charge is 0.344 e. The average molecular weight is 391 g/mol. The van der Waals surface area contributed by atoms with Gasteiger partial charge >= 0.3 is 12.0 Å². The maximum atomic E-state index is 12.7. The Morgan fingerprint density at radius 3 is 2.59 bits per heavy atom. The number of nitrogens with zero attached hydrogens (tertiary/aromatic N) is 2. The van der Waals surface area contributed by atoms with Crippen molar-refractivity contribution in [1.82, 2.24) is 4.98 Å². The Kier molecular flexibility index (Phi) is 8.57. The van der Waals surface area contributed by atoms with Gasteiger partial charge in [-0.2, -0.15) is 0 Å². The van der Waals surface area contributed by atoms with Gasteiger partial charge in [0.05, 0.1) is 6.61 Å². The quantitative estimate of drug-likeness (QED) is 0.482. The van der Waals surface area contributed by atoms with E-state index in [1.165, 1.54) is 11.3 Å². The number of rotatable bonds is 10. The number of amides is 2. The number of urea groups is 1. The van der Waals surface area contributed by atoms with Crippen LogP contribution in [0.5, 0.6) is 5.75 Å². The second kappa shape index (κ2) is 11.2. The van der Waals surface area contributed by atoms with Crippen LogP contribution in [0.2, 0.25) is 0 Å². The third-order valence-electron chi connectivity index (χ3n) is 3.69. The Morgan fingerprint density at radius 1 is 1.19 bits per heavy atom. The van der Waals surface area contributed by atoms with E-state index in [-0.39, 0.29) is 12.6 Å². The normalized spacial score (nSPS) is 10.3. The Morgan fingerprint density at radius 2 is 1.96 bits per heavy atom. The number of anilines is 2. The number of aromatic nitrogens is 1. The van der Waals surface area contributed by atoms with Gasteiger partial charge in [-0.3, -0.25) is 10.2 Å². The van der Waals surface area contributed by atoms with Gasteiger partial charge in [0.1, 0.15) is 5.75 Å². The first-order valence-electron chi connectivity index (χ1n) is 9.00. The van der Waals surface area contributed by atoms with Gasteiger partial charge in [0.15, 0.2) is 11.7 Å². The fourth-order valence-corrected chi connectivity index (χ4v) is 2.90. The molecular weight excluding hydrogens is 366 g/mol. The molecular formula is C19H25N3O4S. The van der Waals surface area contributed by atoms with Gasteiger partial charge in [-0.05, 0) is 37.6 Å². The van der Waals surface area contributed by atoms with E-state index in [0.717, 1.165) is 24.9 Å². The number of thiazole rings is 1. The molecule has 2 aromatic rings. The maximum Gasteiger partial charge on any atom is 0.344 e. The number of benzene rings is 1. The molecule has 146 valence electrons. The molecule has 0 saturated heterocycles. The molecule has 1 heterocycles. The van der Waals surface area contributed by atoms with E-state index in [9.17, 15) is 9.59 Å². The lowest BCUT2D eigenvalue weighted by Gasteiger charge is -2.23. The molecule has 27 heavy (non-hydrogen) atoms. The number of ether oxygens (including phenoxy) is 2. The topological polar surface area (TPSA) is 80.8 Å². The molecule has 0 fully saturated rings. The molecule has 0 aliphatic heterocycles. The highest BCUT2D eigenvalue weighted by Crippen LogP contribution is 2.22. The lowest BCUT2D eigenvalue weighted by atomic mass is 10.2. The molecule has 2 rings (SSSR count). The van der Waals surface area contributed by atoms with E-state index in [1.807, 2.05) is 5.38 Å². The van der Waals surface area contributed by atoms with Crippen LogP contribution >= 0.6 is 11.3 Å². The largest absolute Gasteiger partial charge is 0.482 e. The predicted molar refractivity (Wildman–Crippen MR) is 107 cm³/mol. The molecule has 0 aliphatic rings. The van der Waals surface area contributed by atoms with Crippen molar-refractivity contribution in [2.45, 2.75) is 33.1 Å². The zero-order valence-electron chi connectivity index (χ0n) is 15.6. The standard InChI is InChI=1S/C19H25N3O4S/c1-3-5-6-12-22(19(24)21-18-20-11-13-27-18)15-7-9-16(10-8-15)26-14-17(23)25-4-2/h7-11,13H,3-6,12,14H2,1-2H3,(H,20,21,24). The summed E-state index contributed by atoms with van der Waals surface area (Å²) in [5.74, 6) is 0.131. The Hall–Kier alpha value is -2.61. The molecule has 1 N–H and O–H groups in total. The number of nitrogens with one attached hydrogen (secondary N) is 1. The summed E-state index contributed by atoms with van der Waals surface area (Å²) in [5.41, 5.74) is 0.753. The van der Waals surface area contributed by atoms with Gasteiger partial charge in [-0.1, -0.05) is 19.8 Å². The van der Waals surface area contributed by atoms with Crippen molar-refractivity contribution in [3.8, 4) is 5.75 Å². The van der Waals surface area contributed by atoms with Gasteiger partial charge in [-0.15, -0.1) is 11.3 Å². The molecule has 0 bridgehead atoms. The first kappa shape index (κ1) is 20.7. The molecule has 0 atom stereocenters. The number of esters is 1. The number of unbranched alkanes of at least 4 members (excludes halogenated alkanes) is 2. The van der Waals surface area contributed by atoms with Crippen LogP contribution in [0.4, 0.5) is 15.6 Å². The van der Waals surface area contributed by atoms with Crippen LogP contribution < -0.4 is 15.0 Å². The van der Waals surface area contributed by atoms with E-state index in [0.29, 0.717) is 24.0 Å². The Balaban J connectivity index is 2.02. The lowest BCUT2D eigenvalue weighted by Crippen LogP contribution is -2.35. The molecule has 1 aromatic carbocycles. The summed E-state index contributed by atoms with van der Waals surface area (Å²) >= 11 is 1.37. The van der Waals surface area contributed by atoms with E-state index < -0.39 is 5.97 Å². The summed E-state index contributed by atoms with van der Waals surface area (Å²) < 4.78 is 10.2. The van der Waals surface area contributed by atoms with Crippen LogP contribution in [0.1, 0.15) is 33.1 Å². The van der Waals surface area contributed by atoms with Gasteiger partial charge < -0.3 is 9.47 Å². The molecule has 2 amide bonds. The van der Waals surface area contributed by atoms with Crippen LogP contribution in [0.15, 0.2) is 35.8 Å². The summed E-state index contributed by atoms with van der Waals surface area (Å²) in [4.78, 5) is 29.8. The number of hydrogen-bond acceptors (Lipinski definition) is 6. The SMILES string of the molecule is CCCCCN(C(=O)Nc1nccs1)c1ccc(OCC(=O)OCC)cc1. The highest BCUT2D eigenvalue weighted by molar-refractivity contribution is 7.13. The second-order valence-electron chi connectivity index (χ2n) is 5.71. The third-order valence-corrected chi connectivity index (χ3v) is 4.38. The van der Waals surface area contributed by atoms with Crippen molar-refractivity contribution in [3.63, 3.8) is 0 Å². The van der Waals surface area contributed by atoms with Crippen LogP contribution in [0, 0.1) is 0 Å². The van der Waals surface area contributed by atoms with Crippen LogP contribution in [-0.4, -0.2) is 36.7 Å². The predicted octanol–water partition coefficient (Wildman–Crippen LogP) is 4.31. The van der Waals surface area contributed by atoms with Gasteiger partial charge in [-0.25, -0.2) is 14.6 Å². The molecule has 1 aromatic heterocycles. The summed E-state index contributed by atoms with van der Waals surface area (Å²) in [6.07, 6.45) is 4.67. The van der Waals surface area contributed by atoms with Crippen molar-refractivity contribution in [2.75, 3.05) is 30.0 Å². The molecule has 8 heteroatoms. The van der Waals surface area contributed by atoms with Crippen molar-refractivity contribution in [3.05, 3.63) is 35.8 Å². The Labute approximate surface area is 163 Å². The summed E-state index contributed by atoms with van der Waals surface area (Å²) in [6, 6.07) is 6.85. The zero-order valence-corrected chi connectivity index (χ0v) is 16.5. The van der Waals surface area contributed by atoms with Crippen molar-refractivity contribution < 1.29 is 19.1 Å². The minimum absolute atomic E-state index is 0.141. The molecule has 0 saturated carbocycles. The highest BCUT2D eigenvalue weighted by atomic mass is 32.1. The van der Waals surface area contributed by atoms with E-state index in [1.54, 1.807) is 42.3 Å². The fourth-order valence-electron chi connectivity index (χ4n) is 2.38. The monoisotopic (exact) mass is 391 g/mol. The first-order valence-corrected chi connectivity index (χ1v) is 9.88. The first-order chi connectivity index (χ1) is 13.1. The number of carbonyl (C=O) groups excluding carboxylic acids is 2. The van der Waals surface area contributed by atoms with Crippen LogP contribution in [0.25, 0.3) is 0 Å². The number of hydrogen-bond donors (Lipinski definition) is 1. The average Bonchev–Trinajstić information content (AvgIpc) is 3.17. The Bertz CT molecular complexity index is 704. The molecule has 0 radical (unpaired) electrons. The molecule has 0 aliphatic carbocycles. The lowest BCUT2D eigenvalue weighted by molar-refractivity contribution is -0.145. The minimum Gasteiger partial charge on any atom is -0.482 e. The van der Waals surface area contributed by atoms with E-state index in [2.05, 4.69) is 17.2 Å². The van der Waals surface area contributed by atoms with Crippen molar-refractivity contribution >= 4 is 34.2 Å². The van der Waals surface area contributed by atoms with Crippen LogP contribution in [-0.2, 0) is 9.53 Å². The fraction of sp³-hybridized carbons (Fsp3) is 0.421. The minimum atomic E-state index is -0.411. The van der Waals surface area contributed by atoms with Crippen molar-refractivity contribution in [1.29, 1.82) is 0 Å². The van der Waals surface area contributed by atoms with Gasteiger partial charge in [0.25, 0.3) is 0 Å². The van der Waals surface area contributed by atoms with Crippen molar-refractivity contribution in [2.24, 2.45) is 0 Å². The van der Waals surface area contributed by atoms with Gasteiger partial charge in [0.2, 0.25) is 0 Å². The second-order valence-corrected chi connectivity index (χ2v) is 6.61. The summed E-state index contributed by atoms with van der Waals surface area (Å²) in [5, 5.41) is 5.20. The third kappa shape index (κ3) is 6.90. The summed E-state index contributed by atoms with van der Waals surface area (Å²) in [7, 11) is 0. The van der Waals surface area contributed by atoms with E-state index in [4.69, 9.17) is 9.47 Å². The molecule has 7 nitrogen and oxygen atoms in total. The molecule has 0 spiro atoms. The van der Waals surface area contributed by atoms with Gasteiger partial charge in [0, 0.05) is 23.8 Å². The van der Waals surface area contributed by atoms with E-state index >= 15 is 0 Å².